The van der Waals surface area contributed by atoms with E-state index in [2.05, 4.69) is 8.75 Å². The fourth-order valence-electron chi connectivity index (χ4n) is 2.20. The lowest BCUT2D eigenvalue weighted by Crippen LogP contribution is -2.11. The fraction of sp³-hybridized carbons (Fsp3) is 0.125. The van der Waals surface area contributed by atoms with Crippen molar-refractivity contribution in [3.63, 3.8) is 0 Å². The number of benzene rings is 2. The van der Waals surface area contributed by atoms with Crippen LogP contribution in [0.15, 0.2) is 47.4 Å². The maximum absolute atomic E-state index is 12.6. The van der Waals surface area contributed by atoms with Gasteiger partial charge in [-0.25, -0.2) is 0 Å². The molecule has 3 rings (SSSR count). The van der Waals surface area contributed by atoms with E-state index in [0.29, 0.717) is 16.8 Å². The van der Waals surface area contributed by atoms with Gasteiger partial charge in [-0.15, -0.1) is 0 Å². The van der Waals surface area contributed by atoms with Crippen molar-refractivity contribution in [2.24, 2.45) is 0 Å². The first-order valence-corrected chi connectivity index (χ1v) is 9.15. The van der Waals surface area contributed by atoms with Gasteiger partial charge in [0.05, 0.1) is 18.8 Å². The number of ether oxygens (including phenoxy) is 1. The highest BCUT2D eigenvalue weighted by Gasteiger charge is 2.23. The predicted octanol–water partition coefficient (Wildman–Crippen LogP) is 3.50. The van der Waals surface area contributed by atoms with E-state index in [1.807, 2.05) is 19.1 Å². The number of allylic oxidation sites excluding steroid dienone is 1. The van der Waals surface area contributed by atoms with Gasteiger partial charge in [-0.05, 0) is 36.8 Å². The Kier molecular flexibility index (Phi) is 4.50. The number of aromatic nitrogens is 2. The summed E-state index contributed by atoms with van der Waals surface area (Å²) in [4.78, 5) is -0.0201. The van der Waals surface area contributed by atoms with Crippen molar-refractivity contribution in [1.29, 1.82) is 0 Å². The van der Waals surface area contributed by atoms with Crippen LogP contribution in [0, 0.1) is 0 Å². The zero-order chi connectivity index (χ0) is 17.2. The molecular weight excluding hydrogens is 348 g/mol. The van der Waals surface area contributed by atoms with Crippen LogP contribution >= 0.6 is 11.7 Å². The molecule has 0 amide bonds. The van der Waals surface area contributed by atoms with Gasteiger partial charge in [0.1, 0.15) is 15.9 Å². The number of nitrogens with zero attached hydrogens (tertiary/aromatic N) is 2. The molecule has 0 aliphatic carbocycles. The van der Waals surface area contributed by atoms with Crippen LogP contribution in [0.3, 0.4) is 0 Å². The lowest BCUT2D eigenvalue weighted by atomic mass is 10.2. The number of methoxy groups -OCH3 is 1. The van der Waals surface area contributed by atoms with E-state index in [9.17, 15) is 8.42 Å². The van der Waals surface area contributed by atoms with Crippen LogP contribution in [-0.2, 0) is 10.1 Å². The molecule has 0 aliphatic heterocycles. The molecular formula is C16H14N2O4S2. The Hall–Kier alpha value is -2.45. The smallest absolute Gasteiger partial charge is 0.341 e. The molecule has 0 atom stereocenters. The second kappa shape index (κ2) is 6.58. The third kappa shape index (κ3) is 3.10. The summed E-state index contributed by atoms with van der Waals surface area (Å²) in [5.74, 6) is 0.448. The van der Waals surface area contributed by atoms with E-state index in [1.54, 1.807) is 30.3 Å². The van der Waals surface area contributed by atoms with Crippen LogP contribution in [-0.4, -0.2) is 24.3 Å². The van der Waals surface area contributed by atoms with Crippen LogP contribution in [0.5, 0.6) is 11.5 Å². The standard InChI is InChI=1S/C16H14N2O4S2/c1-3-5-11-8-9-13(14(10-11)21-2)22-24(19,20)15-7-4-6-12-16(15)18-23-17-12/h3-10H,1-2H3/b5-3+. The molecule has 24 heavy (non-hydrogen) atoms. The molecule has 0 aliphatic rings. The second-order valence-corrected chi connectivity index (χ2v) is 6.88. The summed E-state index contributed by atoms with van der Waals surface area (Å²) in [6.45, 7) is 1.89. The number of hydrogen-bond donors (Lipinski definition) is 0. The van der Waals surface area contributed by atoms with Crippen molar-refractivity contribution in [2.45, 2.75) is 11.8 Å². The zero-order valence-electron chi connectivity index (χ0n) is 13.0. The molecule has 0 saturated carbocycles. The van der Waals surface area contributed by atoms with Crippen LogP contribution < -0.4 is 8.92 Å². The van der Waals surface area contributed by atoms with Gasteiger partial charge < -0.3 is 8.92 Å². The molecule has 0 fully saturated rings. The summed E-state index contributed by atoms with van der Waals surface area (Å²) < 4.78 is 43.9. The van der Waals surface area contributed by atoms with Crippen molar-refractivity contribution in [3.05, 3.63) is 48.0 Å². The first-order chi connectivity index (χ1) is 11.5. The van der Waals surface area contributed by atoms with Crippen LogP contribution in [0.25, 0.3) is 17.1 Å². The molecule has 1 aromatic heterocycles. The van der Waals surface area contributed by atoms with E-state index in [4.69, 9.17) is 8.92 Å². The van der Waals surface area contributed by atoms with Gasteiger partial charge in [-0.1, -0.05) is 24.3 Å². The molecule has 6 nitrogen and oxygen atoms in total. The maximum Gasteiger partial charge on any atom is 0.341 e. The van der Waals surface area contributed by atoms with Crippen molar-refractivity contribution < 1.29 is 17.3 Å². The van der Waals surface area contributed by atoms with Crippen molar-refractivity contribution in [3.8, 4) is 11.5 Å². The minimum absolute atomic E-state index is 0.0201. The number of fused-ring (bicyclic) bond motifs is 1. The van der Waals surface area contributed by atoms with Crippen LogP contribution in [0.2, 0.25) is 0 Å². The zero-order valence-corrected chi connectivity index (χ0v) is 14.6. The van der Waals surface area contributed by atoms with E-state index in [-0.39, 0.29) is 10.6 Å². The topological polar surface area (TPSA) is 78.4 Å². The molecule has 0 unspecified atom stereocenters. The Morgan fingerprint density at radius 3 is 2.71 bits per heavy atom. The lowest BCUT2D eigenvalue weighted by molar-refractivity contribution is 0.390. The highest BCUT2D eigenvalue weighted by molar-refractivity contribution is 7.87. The fourth-order valence-corrected chi connectivity index (χ4v) is 3.90. The van der Waals surface area contributed by atoms with Gasteiger partial charge in [0.25, 0.3) is 0 Å². The summed E-state index contributed by atoms with van der Waals surface area (Å²) >= 11 is 0.952. The molecule has 124 valence electrons. The van der Waals surface area contributed by atoms with Gasteiger partial charge in [0.15, 0.2) is 11.5 Å². The van der Waals surface area contributed by atoms with Crippen molar-refractivity contribution >= 4 is 39.0 Å². The lowest BCUT2D eigenvalue weighted by Gasteiger charge is -2.11. The van der Waals surface area contributed by atoms with Gasteiger partial charge in [0, 0.05) is 0 Å². The molecule has 0 N–H and O–H groups in total. The van der Waals surface area contributed by atoms with E-state index < -0.39 is 10.1 Å². The third-order valence-electron chi connectivity index (χ3n) is 3.26. The largest absolute Gasteiger partial charge is 0.493 e. The summed E-state index contributed by atoms with van der Waals surface area (Å²) in [7, 11) is -2.60. The first kappa shape index (κ1) is 16.4. The van der Waals surface area contributed by atoms with Gasteiger partial charge in [-0.3, -0.25) is 0 Å². The molecule has 1 heterocycles. The molecule has 2 aromatic carbocycles. The van der Waals surface area contributed by atoms with Crippen LogP contribution in [0.4, 0.5) is 0 Å². The maximum atomic E-state index is 12.6. The SMILES string of the molecule is C/C=C/c1ccc(OS(=O)(=O)c2cccc3nsnc23)c(OC)c1. The predicted molar refractivity (Wildman–Crippen MR) is 92.9 cm³/mol. The molecule has 0 saturated heterocycles. The molecule has 3 aromatic rings. The summed E-state index contributed by atoms with van der Waals surface area (Å²) in [5.41, 5.74) is 1.69. The second-order valence-electron chi connectivity index (χ2n) is 4.84. The quantitative estimate of drug-likeness (QED) is 0.647. The number of hydrogen-bond acceptors (Lipinski definition) is 7. The van der Waals surface area contributed by atoms with E-state index in [1.165, 1.54) is 13.2 Å². The molecule has 0 bridgehead atoms. The average molecular weight is 362 g/mol. The number of rotatable bonds is 5. The first-order valence-electron chi connectivity index (χ1n) is 7.01. The minimum Gasteiger partial charge on any atom is -0.493 e. The Labute approximate surface area is 143 Å². The minimum atomic E-state index is -4.06. The van der Waals surface area contributed by atoms with Gasteiger partial charge in [-0.2, -0.15) is 17.2 Å². The van der Waals surface area contributed by atoms with E-state index in [0.717, 1.165) is 17.3 Å². The molecule has 8 heteroatoms. The highest BCUT2D eigenvalue weighted by atomic mass is 32.2. The van der Waals surface area contributed by atoms with Gasteiger partial charge >= 0.3 is 10.1 Å². The Morgan fingerprint density at radius 1 is 1.12 bits per heavy atom. The normalized spacial score (nSPS) is 11.9. The average Bonchev–Trinajstić information content (AvgIpc) is 3.04. The van der Waals surface area contributed by atoms with Gasteiger partial charge in [0.2, 0.25) is 0 Å². The van der Waals surface area contributed by atoms with E-state index >= 15 is 0 Å². The van der Waals surface area contributed by atoms with Crippen LogP contribution in [0.1, 0.15) is 12.5 Å². The van der Waals surface area contributed by atoms with Crippen molar-refractivity contribution in [1.82, 2.24) is 8.75 Å². The third-order valence-corrected chi connectivity index (χ3v) is 5.07. The Bertz CT molecular complexity index is 1010. The summed E-state index contributed by atoms with van der Waals surface area (Å²) in [6, 6.07) is 9.76. The molecule has 0 radical (unpaired) electrons. The van der Waals surface area contributed by atoms with Crippen molar-refractivity contribution in [2.75, 3.05) is 7.11 Å². The summed E-state index contributed by atoms with van der Waals surface area (Å²) in [6.07, 6.45) is 3.75. The summed E-state index contributed by atoms with van der Waals surface area (Å²) in [5, 5.41) is 0. The monoisotopic (exact) mass is 362 g/mol. The highest BCUT2D eigenvalue weighted by Crippen LogP contribution is 2.32. The Morgan fingerprint density at radius 2 is 1.96 bits per heavy atom. The molecule has 0 spiro atoms. The Balaban J connectivity index is 2.02.